The SMILES string of the molecule is CCCCCCCCCCCOc1ccc(C(=O)CC(=O)O)cc1. The maximum atomic E-state index is 11.6. The Kier molecular flexibility index (Phi) is 10.6. The molecule has 0 unspecified atom stereocenters. The lowest BCUT2D eigenvalue weighted by molar-refractivity contribution is -0.135. The Labute approximate surface area is 145 Å². The number of aliphatic carboxylic acids is 1. The number of benzene rings is 1. The summed E-state index contributed by atoms with van der Waals surface area (Å²) in [5, 5.41) is 8.61. The van der Waals surface area contributed by atoms with Gasteiger partial charge in [-0.2, -0.15) is 0 Å². The number of carboxylic acids is 1. The van der Waals surface area contributed by atoms with Crippen molar-refractivity contribution in [3.8, 4) is 5.75 Å². The van der Waals surface area contributed by atoms with Gasteiger partial charge in [0.05, 0.1) is 6.61 Å². The highest BCUT2D eigenvalue weighted by Gasteiger charge is 2.10. The molecule has 4 nitrogen and oxygen atoms in total. The van der Waals surface area contributed by atoms with Crippen molar-refractivity contribution in [1.82, 2.24) is 0 Å². The molecule has 4 heteroatoms. The van der Waals surface area contributed by atoms with Crippen LogP contribution in [0, 0.1) is 0 Å². The molecule has 1 aromatic carbocycles. The molecule has 1 rings (SSSR count). The zero-order chi connectivity index (χ0) is 17.6. The van der Waals surface area contributed by atoms with Crippen LogP contribution in [-0.2, 0) is 4.79 Å². The van der Waals surface area contributed by atoms with E-state index in [9.17, 15) is 9.59 Å². The Morgan fingerprint density at radius 1 is 0.875 bits per heavy atom. The van der Waals surface area contributed by atoms with Gasteiger partial charge in [0.1, 0.15) is 12.2 Å². The van der Waals surface area contributed by atoms with E-state index in [-0.39, 0.29) is 5.78 Å². The van der Waals surface area contributed by atoms with Gasteiger partial charge in [-0.05, 0) is 30.7 Å². The van der Waals surface area contributed by atoms with Crippen LogP contribution >= 0.6 is 0 Å². The quantitative estimate of drug-likeness (QED) is 0.286. The van der Waals surface area contributed by atoms with Crippen molar-refractivity contribution in [2.75, 3.05) is 6.61 Å². The molecule has 24 heavy (non-hydrogen) atoms. The van der Waals surface area contributed by atoms with Gasteiger partial charge in [0, 0.05) is 5.56 Å². The lowest BCUT2D eigenvalue weighted by Crippen LogP contribution is -2.06. The summed E-state index contributed by atoms with van der Waals surface area (Å²) in [4.78, 5) is 22.1. The average Bonchev–Trinajstić information content (AvgIpc) is 2.56. The molecule has 0 amide bonds. The van der Waals surface area contributed by atoms with Crippen LogP contribution in [-0.4, -0.2) is 23.5 Å². The molecule has 0 saturated carbocycles. The number of Topliss-reactive ketones (excluding diaryl/α,β-unsaturated/α-hetero) is 1. The Morgan fingerprint density at radius 3 is 1.96 bits per heavy atom. The van der Waals surface area contributed by atoms with E-state index in [0.29, 0.717) is 12.2 Å². The van der Waals surface area contributed by atoms with E-state index in [2.05, 4.69) is 6.92 Å². The molecule has 0 heterocycles. The number of ether oxygens (including phenoxy) is 1. The van der Waals surface area contributed by atoms with E-state index in [0.717, 1.165) is 12.2 Å². The number of ketones is 1. The van der Waals surface area contributed by atoms with Crippen LogP contribution in [0.5, 0.6) is 5.75 Å². The highest BCUT2D eigenvalue weighted by molar-refractivity contribution is 6.05. The van der Waals surface area contributed by atoms with Gasteiger partial charge in [-0.15, -0.1) is 0 Å². The van der Waals surface area contributed by atoms with E-state index < -0.39 is 12.4 Å². The third kappa shape index (κ3) is 9.33. The van der Waals surface area contributed by atoms with Crippen LogP contribution in [0.2, 0.25) is 0 Å². The zero-order valence-corrected chi connectivity index (χ0v) is 14.8. The van der Waals surface area contributed by atoms with Gasteiger partial charge in [0.15, 0.2) is 5.78 Å². The maximum Gasteiger partial charge on any atom is 0.311 e. The summed E-state index contributed by atoms with van der Waals surface area (Å²) in [7, 11) is 0. The molecule has 0 fully saturated rings. The molecular formula is C20H30O4. The molecule has 0 aliphatic heterocycles. The summed E-state index contributed by atoms with van der Waals surface area (Å²) in [5.74, 6) is -0.764. The van der Waals surface area contributed by atoms with E-state index in [1.165, 1.54) is 51.4 Å². The number of carboxylic acid groups (broad SMARTS) is 1. The minimum Gasteiger partial charge on any atom is -0.494 e. The van der Waals surface area contributed by atoms with Gasteiger partial charge in [0.2, 0.25) is 0 Å². The molecule has 0 radical (unpaired) electrons. The highest BCUT2D eigenvalue weighted by Crippen LogP contribution is 2.15. The largest absolute Gasteiger partial charge is 0.494 e. The molecule has 0 spiro atoms. The smallest absolute Gasteiger partial charge is 0.311 e. The van der Waals surface area contributed by atoms with Crippen molar-refractivity contribution in [1.29, 1.82) is 0 Å². The number of hydrogen-bond donors (Lipinski definition) is 1. The van der Waals surface area contributed by atoms with Crippen LogP contribution < -0.4 is 4.74 Å². The van der Waals surface area contributed by atoms with Gasteiger partial charge in [-0.25, -0.2) is 0 Å². The third-order valence-electron chi connectivity index (χ3n) is 4.00. The number of carbonyl (C=O) groups is 2. The summed E-state index contributed by atoms with van der Waals surface area (Å²) in [6, 6.07) is 6.69. The molecule has 0 aromatic heterocycles. The number of carbonyl (C=O) groups excluding carboxylic acids is 1. The Bertz CT molecular complexity index is 479. The number of rotatable bonds is 14. The van der Waals surface area contributed by atoms with Crippen LogP contribution in [0.25, 0.3) is 0 Å². The van der Waals surface area contributed by atoms with Crippen LogP contribution in [0.3, 0.4) is 0 Å². The van der Waals surface area contributed by atoms with Crippen LogP contribution in [0.4, 0.5) is 0 Å². The third-order valence-corrected chi connectivity index (χ3v) is 4.00. The van der Waals surface area contributed by atoms with Gasteiger partial charge in [0.25, 0.3) is 0 Å². The highest BCUT2D eigenvalue weighted by atomic mass is 16.5. The summed E-state index contributed by atoms with van der Waals surface area (Å²) in [6.45, 7) is 2.92. The Hall–Kier alpha value is -1.84. The molecular weight excluding hydrogens is 304 g/mol. The van der Waals surface area contributed by atoms with Crippen LogP contribution in [0.1, 0.15) is 81.5 Å². The van der Waals surface area contributed by atoms with Crippen molar-refractivity contribution in [2.45, 2.75) is 71.1 Å². The standard InChI is InChI=1S/C20H30O4/c1-2-3-4-5-6-7-8-9-10-15-24-18-13-11-17(12-14-18)19(21)16-20(22)23/h11-14H,2-10,15-16H2,1H3,(H,22,23). The molecule has 0 atom stereocenters. The predicted octanol–water partition coefficient (Wildman–Crippen LogP) is 5.25. The minimum absolute atomic E-state index is 0.381. The zero-order valence-electron chi connectivity index (χ0n) is 14.8. The molecule has 1 N–H and O–H groups in total. The van der Waals surface area contributed by atoms with E-state index >= 15 is 0 Å². The van der Waals surface area contributed by atoms with E-state index in [4.69, 9.17) is 9.84 Å². The second-order valence-electron chi connectivity index (χ2n) is 6.19. The fourth-order valence-corrected chi connectivity index (χ4v) is 2.58. The van der Waals surface area contributed by atoms with Crippen molar-refractivity contribution in [2.24, 2.45) is 0 Å². The lowest BCUT2D eigenvalue weighted by Gasteiger charge is -2.07. The summed E-state index contributed by atoms with van der Waals surface area (Å²) in [5.41, 5.74) is 0.410. The Balaban J connectivity index is 2.09. The number of unbranched alkanes of at least 4 members (excludes halogenated alkanes) is 8. The van der Waals surface area contributed by atoms with E-state index in [1.807, 2.05) is 0 Å². The second kappa shape index (κ2) is 12.6. The average molecular weight is 334 g/mol. The first-order valence-electron chi connectivity index (χ1n) is 9.11. The monoisotopic (exact) mass is 334 g/mol. The molecule has 134 valence electrons. The molecule has 0 bridgehead atoms. The van der Waals surface area contributed by atoms with Gasteiger partial charge < -0.3 is 9.84 Å². The molecule has 1 aromatic rings. The topological polar surface area (TPSA) is 63.6 Å². The first-order valence-corrected chi connectivity index (χ1v) is 9.11. The van der Waals surface area contributed by atoms with Crippen molar-refractivity contribution in [3.05, 3.63) is 29.8 Å². The van der Waals surface area contributed by atoms with Gasteiger partial charge >= 0.3 is 5.97 Å². The maximum absolute atomic E-state index is 11.6. The van der Waals surface area contributed by atoms with Crippen molar-refractivity contribution >= 4 is 11.8 Å². The van der Waals surface area contributed by atoms with Crippen LogP contribution in [0.15, 0.2) is 24.3 Å². The van der Waals surface area contributed by atoms with Crippen molar-refractivity contribution in [3.63, 3.8) is 0 Å². The molecule has 0 aliphatic carbocycles. The van der Waals surface area contributed by atoms with Gasteiger partial charge in [-0.3, -0.25) is 9.59 Å². The fourth-order valence-electron chi connectivity index (χ4n) is 2.58. The second-order valence-corrected chi connectivity index (χ2v) is 6.19. The van der Waals surface area contributed by atoms with E-state index in [1.54, 1.807) is 24.3 Å². The van der Waals surface area contributed by atoms with Gasteiger partial charge in [-0.1, -0.05) is 58.3 Å². The normalized spacial score (nSPS) is 10.5. The fraction of sp³-hybridized carbons (Fsp3) is 0.600. The first kappa shape index (κ1) is 20.2. The summed E-state index contributed by atoms with van der Waals surface area (Å²) < 4.78 is 5.65. The minimum atomic E-state index is -1.11. The molecule has 0 saturated heterocycles. The summed E-state index contributed by atoms with van der Waals surface area (Å²) >= 11 is 0. The Morgan fingerprint density at radius 2 is 1.42 bits per heavy atom. The number of hydrogen-bond acceptors (Lipinski definition) is 3. The predicted molar refractivity (Wildman–Crippen MR) is 95.7 cm³/mol. The molecule has 0 aliphatic rings. The summed E-state index contributed by atoms with van der Waals surface area (Å²) in [6.07, 6.45) is 11.0. The lowest BCUT2D eigenvalue weighted by atomic mass is 10.1. The van der Waals surface area contributed by atoms with Crippen molar-refractivity contribution < 1.29 is 19.4 Å². The first-order chi connectivity index (χ1) is 11.6.